The first-order chi connectivity index (χ1) is 17.9. The Morgan fingerprint density at radius 3 is 2.70 bits per heavy atom. The van der Waals surface area contributed by atoms with E-state index in [2.05, 4.69) is 43.0 Å². The predicted molar refractivity (Wildman–Crippen MR) is 143 cm³/mol. The number of rotatable bonds is 7. The average Bonchev–Trinajstić information content (AvgIpc) is 3.60. The zero-order chi connectivity index (χ0) is 25.5. The van der Waals surface area contributed by atoms with Crippen molar-refractivity contribution in [1.29, 1.82) is 0 Å². The lowest BCUT2D eigenvalue weighted by atomic mass is 10.1. The molecular formula is C27H27N9O. The van der Waals surface area contributed by atoms with Crippen molar-refractivity contribution in [2.45, 2.75) is 13.8 Å². The normalized spacial score (nSPS) is 11.7. The van der Waals surface area contributed by atoms with Crippen LogP contribution in [-0.4, -0.2) is 71.8 Å². The maximum absolute atomic E-state index is 5.99. The minimum Gasteiger partial charge on any atom is -0.492 e. The van der Waals surface area contributed by atoms with Gasteiger partial charge in [0.2, 0.25) is 0 Å². The molecule has 5 aromatic heterocycles. The maximum Gasteiger partial charge on any atom is 0.161 e. The molecule has 10 heteroatoms. The number of likely N-dealkylation sites (N-methyl/N-ethyl adjacent to an activating group) is 1. The number of benzene rings is 1. The molecule has 1 aromatic carbocycles. The number of pyridine rings is 2. The molecule has 37 heavy (non-hydrogen) atoms. The molecule has 5 heterocycles. The molecule has 0 atom stereocenters. The van der Waals surface area contributed by atoms with Gasteiger partial charge < -0.3 is 19.2 Å². The Bertz CT molecular complexity index is 1730. The van der Waals surface area contributed by atoms with E-state index in [4.69, 9.17) is 14.7 Å². The molecule has 0 unspecified atom stereocenters. The van der Waals surface area contributed by atoms with Gasteiger partial charge >= 0.3 is 0 Å². The molecular weight excluding hydrogens is 466 g/mol. The van der Waals surface area contributed by atoms with Gasteiger partial charge in [-0.3, -0.25) is 10.1 Å². The van der Waals surface area contributed by atoms with Crippen molar-refractivity contribution in [3.63, 3.8) is 0 Å². The van der Waals surface area contributed by atoms with Gasteiger partial charge in [0.25, 0.3) is 0 Å². The number of imidazole rings is 2. The molecule has 0 spiro atoms. The summed E-state index contributed by atoms with van der Waals surface area (Å²) in [5.74, 6) is 1.45. The van der Waals surface area contributed by atoms with Crippen LogP contribution in [0, 0.1) is 13.8 Å². The van der Waals surface area contributed by atoms with E-state index in [1.807, 2.05) is 56.0 Å². The number of aromatic amines is 2. The van der Waals surface area contributed by atoms with E-state index >= 15 is 0 Å². The summed E-state index contributed by atoms with van der Waals surface area (Å²) in [6.07, 6.45) is 7.25. The number of H-pyrrole nitrogens is 2. The van der Waals surface area contributed by atoms with Gasteiger partial charge in [-0.25, -0.2) is 15.0 Å². The quantitative estimate of drug-likeness (QED) is 0.341. The highest BCUT2D eigenvalue weighted by Crippen LogP contribution is 2.30. The van der Waals surface area contributed by atoms with Crippen LogP contribution in [0.15, 0.2) is 55.2 Å². The van der Waals surface area contributed by atoms with Crippen LogP contribution in [0.4, 0.5) is 0 Å². The number of nitrogens with zero attached hydrogens (tertiary/aromatic N) is 7. The Kier molecular flexibility index (Phi) is 5.65. The van der Waals surface area contributed by atoms with E-state index in [1.165, 1.54) is 0 Å². The first-order valence-electron chi connectivity index (χ1n) is 12.0. The maximum atomic E-state index is 5.99. The molecule has 6 aromatic rings. The summed E-state index contributed by atoms with van der Waals surface area (Å²) in [6.45, 7) is 5.48. The highest BCUT2D eigenvalue weighted by molar-refractivity contribution is 5.92. The molecule has 0 fully saturated rings. The van der Waals surface area contributed by atoms with Crippen LogP contribution in [0.3, 0.4) is 0 Å². The van der Waals surface area contributed by atoms with Crippen molar-refractivity contribution in [2.75, 3.05) is 27.2 Å². The Morgan fingerprint density at radius 2 is 1.89 bits per heavy atom. The largest absolute Gasteiger partial charge is 0.492 e. The molecule has 0 aliphatic rings. The first-order valence-corrected chi connectivity index (χ1v) is 12.0. The Labute approximate surface area is 213 Å². The molecule has 10 nitrogen and oxygen atoms in total. The average molecular weight is 494 g/mol. The topological polar surface area (TPSA) is 113 Å². The molecule has 0 aliphatic heterocycles. The SMILES string of the molecule is Cc1cc(OCCN(C)C)cc(-c2ccc3[nH]nc(-c4nc5c(-n6cnc(C)c6)cncc5[nH]4)c3n2)c1. The van der Waals surface area contributed by atoms with Gasteiger partial charge in [-0.1, -0.05) is 0 Å². The third kappa shape index (κ3) is 4.43. The fourth-order valence-electron chi connectivity index (χ4n) is 4.32. The van der Waals surface area contributed by atoms with Crippen LogP contribution < -0.4 is 4.74 Å². The molecule has 0 saturated carbocycles. The zero-order valence-corrected chi connectivity index (χ0v) is 21.1. The summed E-state index contributed by atoms with van der Waals surface area (Å²) in [4.78, 5) is 24.0. The predicted octanol–water partition coefficient (Wildman–Crippen LogP) is 4.31. The summed E-state index contributed by atoms with van der Waals surface area (Å²) in [6, 6.07) is 10.2. The van der Waals surface area contributed by atoms with E-state index in [9.17, 15) is 0 Å². The standard InChI is InChI=1S/C27H27N9O/c1-16-9-18(11-19(10-16)37-8-7-35(3)4)20-5-6-21-25(30-20)26(34-33-21)27-31-22-12-28-13-23(24(22)32-27)36-14-17(2)29-15-36/h5-6,9-15H,7-8H2,1-4H3,(H,31,32)(H,33,34). The fraction of sp³-hybridized carbons (Fsp3) is 0.222. The Balaban J connectivity index is 1.39. The highest BCUT2D eigenvalue weighted by Gasteiger charge is 2.17. The van der Waals surface area contributed by atoms with Crippen LogP contribution in [0.2, 0.25) is 0 Å². The van der Waals surface area contributed by atoms with E-state index in [0.717, 1.165) is 62.6 Å². The zero-order valence-electron chi connectivity index (χ0n) is 21.1. The summed E-state index contributed by atoms with van der Waals surface area (Å²) < 4.78 is 7.91. The number of aryl methyl sites for hydroxylation is 2. The van der Waals surface area contributed by atoms with Crippen LogP contribution in [-0.2, 0) is 0 Å². The number of hydrogen-bond acceptors (Lipinski definition) is 7. The number of hydrogen-bond donors (Lipinski definition) is 2. The van der Waals surface area contributed by atoms with Gasteiger partial charge in [-0.15, -0.1) is 0 Å². The van der Waals surface area contributed by atoms with Crippen LogP contribution in [0.1, 0.15) is 11.3 Å². The van der Waals surface area contributed by atoms with Crippen molar-refractivity contribution in [3.05, 3.63) is 66.5 Å². The minimum atomic E-state index is 0.619. The van der Waals surface area contributed by atoms with E-state index in [0.29, 0.717) is 18.1 Å². The van der Waals surface area contributed by atoms with E-state index in [-0.39, 0.29) is 0 Å². The molecule has 0 bridgehead atoms. The van der Waals surface area contributed by atoms with Crippen molar-refractivity contribution >= 4 is 22.1 Å². The second kappa shape index (κ2) is 9.14. The summed E-state index contributed by atoms with van der Waals surface area (Å²) in [5.41, 5.74) is 8.51. The third-order valence-corrected chi connectivity index (χ3v) is 6.15. The summed E-state index contributed by atoms with van der Waals surface area (Å²) in [7, 11) is 4.06. The summed E-state index contributed by atoms with van der Waals surface area (Å²) in [5, 5.41) is 7.63. The highest BCUT2D eigenvalue weighted by atomic mass is 16.5. The summed E-state index contributed by atoms with van der Waals surface area (Å²) >= 11 is 0. The molecule has 0 amide bonds. The molecule has 2 N–H and O–H groups in total. The second-order valence-electron chi connectivity index (χ2n) is 9.41. The van der Waals surface area contributed by atoms with Crippen molar-refractivity contribution in [2.24, 2.45) is 0 Å². The lowest BCUT2D eigenvalue weighted by Gasteiger charge is -2.12. The van der Waals surface area contributed by atoms with Crippen LogP contribution in [0.5, 0.6) is 5.75 Å². The van der Waals surface area contributed by atoms with Gasteiger partial charge in [0.05, 0.1) is 46.8 Å². The van der Waals surface area contributed by atoms with E-state index < -0.39 is 0 Å². The van der Waals surface area contributed by atoms with Gasteiger partial charge in [-0.05, 0) is 63.8 Å². The van der Waals surface area contributed by atoms with Crippen molar-refractivity contribution in [1.82, 2.24) is 44.6 Å². The first kappa shape index (κ1) is 22.9. The van der Waals surface area contributed by atoms with Crippen LogP contribution in [0.25, 0.3) is 50.5 Å². The van der Waals surface area contributed by atoms with Gasteiger partial charge in [0.15, 0.2) is 11.5 Å². The Morgan fingerprint density at radius 1 is 1.00 bits per heavy atom. The van der Waals surface area contributed by atoms with Crippen LogP contribution >= 0.6 is 0 Å². The molecule has 6 rings (SSSR count). The van der Waals surface area contributed by atoms with Gasteiger partial charge in [0, 0.05) is 18.3 Å². The number of nitrogens with one attached hydrogen (secondary N) is 2. The lowest BCUT2D eigenvalue weighted by Crippen LogP contribution is -2.19. The molecule has 0 radical (unpaired) electrons. The smallest absolute Gasteiger partial charge is 0.161 e. The number of ether oxygens (including phenoxy) is 1. The number of fused-ring (bicyclic) bond motifs is 2. The Hall–Kier alpha value is -4.57. The third-order valence-electron chi connectivity index (χ3n) is 6.15. The van der Waals surface area contributed by atoms with Gasteiger partial charge in [0.1, 0.15) is 23.4 Å². The van der Waals surface area contributed by atoms with E-state index in [1.54, 1.807) is 18.7 Å². The van der Waals surface area contributed by atoms with Gasteiger partial charge in [-0.2, -0.15) is 5.10 Å². The molecule has 0 saturated heterocycles. The number of aromatic nitrogens is 8. The van der Waals surface area contributed by atoms with Crippen molar-refractivity contribution in [3.8, 4) is 34.2 Å². The fourth-order valence-corrected chi connectivity index (χ4v) is 4.32. The lowest BCUT2D eigenvalue weighted by molar-refractivity contribution is 0.261. The molecule has 0 aliphatic carbocycles. The monoisotopic (exact) mass is 493 g/mol. The minimum absolute atomic E-state index is 0.619. The second-order valence-corrected chi connectivity index (χ2v) is 9.41. The van der Waals surface area contributed by atoms with Crippen molar-refractivity contribution < 1.29 is 4.74 Å². The molecule has 186 valence electrons.